The fourth-order valence-electron chi connectivity index (χ4n) is 1.79. The summed E-state index contributed by atoms with van der Waals surface area (Å²) in [5, 5.41) is 8.81. The molecule has 0 radical (unpaired) electrons. The Kier molecular flexibility index (Phi) is 2.05. The van der Waals surface area contributed by atoms with Gasteiger partial charge in [0.05, 0.1) is 16.2 Å². The Bertz CT molecular complexity index is 511. The van der Waals surface area contributed by atoms with Gasteiger partial charge in [-0.05, 0) is 24.5 Å². The first-order chi connectivity index (χ1) is 6.65. The summed E-state index contributed by atoms with van der Waals surface area (Å²) in [5.74, 6) is 0.165. The highest BCUT2D eigenvalue weighted by molar-refractivity contribution is 7.91. The SMILES string of the molecule is N#Cc1cccc2c1S(=O)(=O)CCC2. The molecule has 3 nitrogen and oxygen atoms in total. The lowest BCUT2D eigenvalue weighted by molar-refractivity contribution is 0.586. The van der Waals surface area contributed by atoms with Gasteiger partial charge in [0.1, 0.15) is 6.07 Å². The van der Waals surface area contributed by atoms with E-state index in [1.807, 2.05) is 6.07 Å². The minimum Gasteiger partial charge on any atom is -0.224 e. The zero-order valence-electron chi connectivity index (χ0n) is 7.53. The van der Waals surface area contributed by atoms with E-state index >= 15 is 0 Å². The lowest BCUT2D eigenvalue weighted by Crippen LogP contribution is -2.17. The summed E-state index contributed by atoms with van der Waals surface area (Å²) in [6, 6.07) is 7.01. The summed E-state index contributed by atoms with van der Waals surface area (Å²) in [7, 11) is -3.21. The normalized spacial score (nSPS) is 18.2. The largest absolute Gasteiger partial charge is 0.224 e. The van der Waals surface area contributed by atoms with Crippen molar-refractivity contribution in [2.45, 2.75) is 17.7 Å². The predicted octanol–water partition coefficient (Wildman–Crippen LogP) is 1.28. The van der Waals surface area contributed by atoms with Crippen LogP contribution in [-0.4, -0.2) is 14.2 Å². The average Bonchev–Trinajstić information content (AvgIpc) is 2.16. The maximum Gasteiger partial charge on any atom is 0.179 e. The van der Waals surface area contributed by atoms with Gasteiger partial charge in [0.15, 0.2) is 9.84 Å². The number of nitrogens with zero attached hydrogens (tertiary/aromatic N) is 1. The summed E-state index contributed by atoms with van der Waals surface area (Å²) >= 11 is 0. The van der Waals surface area contributed by atoms with Crippen molar-refractivity contribution in [3.63, 3.8) is 0 Å². The molecule has 14 heavy (non-hydrogen) atoms. The third-order valence-corrected chi connectivity index (χ3v) is 4.32. The first-order valence-corrected chi connectivity index (χ1v) is 6.05. The van der Waals surface area contributed by atoms with Crippen LogP contribution in [0.15, 0.2) is 23.1 Å². The minimum atomic E-state index is -3.21. The van der Waals surface area contributed by atoms with E-state index < -0.39 is 9.84 Å². The molecule has 1 aliphatic rings. The molecule has 1 aromatic rings. The fourth-order valence-corrected chi connectivity index (χ4v) is 3.54. The second-order valence-electron chi connectivity index (χ2n) is 3.33. The zero-order valence-corrected chi connectivity index (χ0v) is 8.34. The van der Waals surface area contributed by atoms with E-state index in [4.69, 9.17) is 5.26 Å². The summed E-state index contributed by atoms with van der Waals surface area (Å²) in [6.07, 6.45) is 1.41. The third kappa shape index (κ3) is 1.30. The van der Waals surface area contributed by atoms with Gasteiger partial charge >= 0.3 is 0 Å². The van der Waals surface area contributed by atoms with E-state index in [2.05, 4.69) is 0 Å². The Morgan fingerprint density at radius 2 is 2.14 bits per heavy atom. The molecule has 0 spiro atoms. The van der Waals surface area contributed by atoms with Crippen LogP contribution in [0.25, 0.3) is 0 Å². The summed E-state index contributed by atoms with van der Waals surface area (Å²) in [6.45, 7) is 0. The van der Waals surface area contributed by atoms with Gasteiger partial charge in [-0.25, -0.2) is 8.42 Å². The van der Waals surface area contributed by atoms with Crippen LogP contribution in [0.2, 0.25) is 0 Å². The van der Waals surface area contributed by atoms with Gasteiger partial charge in [-0.3, -0.25) is 0 Å². The predicted molar refractivity (Wildman–Crippen MR) is 51.5 cm³/mol. The fraction of sp³-hybridized carbons (Fsp3) is 0.300. The van der Waals surface area contributed by atoms with Gasteiger partial charge < -0.3 is 0 Å². The number of aryl methyl sites for hydroxylation is 1. The van der Waals surface area contributed by atoms with Gasteiger partial charge in [0, 0.05) is 0 Å². The van der Waals surface area contributed by atoms with E-state index in [1.165, 1.54) is 0 Å². The number of hydrogen-bond acceptors (Lipinski definition) is 3. The van der Waals surface area contributed by atoms with E-state index in [1.54, 1.807) is 18.2 Å². The molecule has 0 bridgehead atoms. The smallest absolute Gasteiger partial charge is 0.179 e. The minimum absolute atomic E-state index is 0.165. The maximum absolute atomic E-state index is 11.7. The van der Waals surface area contributed by atoms with Crippen LogP contribution in [-0.2, 0) is 16.3 Å². The first kappa shape index (κ1) is 9.22. The Morgan fingerprint density at radius 1 is 1.36 bits per heavy atom. The van der Waals surface area contributed by atoms with E-state index in [-0.39, 0.29) is 16.2 Å². The van der Waals surface area contributed by atoms with Crippen molar-refractivity contribution in [2.75, 3.05) is 5.75 Å². The lowest BCUT2D eigenvalue weighted by atomic mass is 10.1. The van der Waals surface area contributed by atoms with Crippen LogP contribution in [0.3, 0.4) is 0 Å². The number of hydrogen-bond donors (Lipinski definition) is 0. The molecule has 0 saturated heterocycles. The molecule has 0 aromatic heterocycles. The Hall–Kier alpha value is -1.34. The highest BCUT2D eigenvalue weighted by atomic mass is 32.2. The Balaban J connectivity index is 2.79. The molecule has 1 heterocycles. The van der Waals surface area contributed by atoms with Crippen LogP contribution in [0.4, 0.5) is 0 Å². The molecular weight excluding hydrogens is 198 g/mol. The van der Waals surface area contributed by atoms with Crippen molar-refractivity contribution in [3.8, 4) is 6.07 Å². The number of fused-ring (bicyclic) bond motifs is 1. The van der Waals surface area contributed by atoms with Crippen LogP contribution < -0.4 is 0 Å². The van der Waals surface area contributed by atoms with Crippen molar-refractivity contribution >= 4 is 9.84 Å². The van der Waals surface area contributed by atoms with Gasteiger partial charge in [0.2, 0.25) is 0 Å². The molecule has 0 saturated carbocycles. The molecule has 1 aromatic carbocycles. The molecule has 4 heteroatoms. The molecule has 2 rings (SSSR count). The number of benzene rings is 1. The topological polar surface area (TPSA) is 57.9 Å². The van der Waals surface area contributed by atoms with Crippen LogP contribution in [0.1, 0.15) is 17.5 Å². The van der Waals surface area contributed by atoms with Gasteiger partial charge in [-0.15, -0.1) is 0 Å². The molecule has 0 aliphatic carbocycles. The molecule has 72 valence electrons. The van der Waals surface area contributed by atoms with Crippen molar-refractivity contribution in [3.05, 3.63) is 29.3 Å². The van der Waals surface area contributed by atoms with Crippen molar-refractivity contribution in [1.82, 2.24) is 0 Å². The van der Waals surface area contributed by atoms with E-state index in [9.17, 15) is 8.42 Å². The standard InChI is InChI=1S/C10H9NO2S/c11-7-9-4-1-3-8-5-2-6-14(12,13)10(8)9/h1,3-4H,2,5-6H2. The van der Waals surface area contributed by atoms with E-state index in [0.29, 0.717) is 6.42 Å². The van der Waals surface area contributed by atoms with E-state index in [0.717, 1.165) is 12.0 Å². The molecule has 0 unspecified atom stereocenters. The lowest BCUT2D eigenvalue weighted by Gasteiger charge is -2.16. The molecule has 0 N–H and O–H groups in total. The Labute approximate surface area is 82.9 Å². The van der Waals surface area contributed by atoms with Gasteiger partial charge in [-0.2, -0.15) is 5.26 Å². The second-order valence-corrected chi connectivity index (χ2v) is 5.37. The summed E-state index contributed by atoms with van der Waals surface area (Å²) < 4.78 is 23.4. The molecule has 1 aliphatic heterocycles. The molecule has 0 amide bonds. The highest BCUT2D eigenvalue weighted by Crippen LogP contribution is 2.27. The number of rotatable bonds is 0. The number of nitriles is 1. The van der Waals surface area contributed by atoms with Crippen LogP contribution in [0, 0.1) is 11.3 Å². The van der Waals surface area contributed by atoms with Gasteiger partial charge in [0.25, 0.3) is 0 Å². The third-order valence-electron chi connectivity index (χ3n) is 2.39. The zero-order chi connectivity index (χ0) is 10.2. The Morgan fingerprint density at radius 3 is 2.86 bits per heavy atom. The molecule has 0 atom stereocenters. The monoisotopic (exact) mass is 207 g/mol. The summed E-state index contributed by atoms with van der Waals surface area (Å²) in [4.78, 5) is 0.258. The van der Waals surface area contributed by atoms with Crippen molar-refractivity contribution < 1.29 is 8.42 Å². The van der Waals surface area contributed by atoms with Crippen LogP contribution >= 0.6 is 0 Å². The van der Waals surface area contributed by atoms with Crippen LogP contribution in [0.5, 0.6) is 0 Å². The second kappa shape index (κ2) is 3.10. The first-order valence-electron chi connectivity index (χ1n) is 4.40. The number of sulfone groups is 1. The summed E-state index contributed by atoms with van der Waals surface area (Å²) in [5.41, 5.74) is 1.07. The quantitative estimate of drug-likeness (QED) is 0.644. The average molecular weight is 207 g/mol. The molecular formula is C10H9NO2S. The van der Waals surface area contributed by atoms with Crippen molar-refractivity contribution in [1.29, 1.82) is 5.26 Å². The highest BCUT2D eigenvalue weighted by Gasteiger charge is 2.26. The maximum atomic E-state index is 11.7. The van der Waals surface area contributed by atoms with Gasteiger partial charge in [-0.1, -0.05) is 12.1 Å². The van der Waals surface area contributed by atoms with Crippen molar-refractivity contribution in [2.24, 2.45) is 0 Å². The molecule has 0 fully saturated rings.